The Kier molecular flexibility index (Phi) is 4.31. The first kappa shape index (κ1) is 13.7. The van der Waals surface area contributed by atoms with Gasteiger partial charge in [0.05, 0.1) is 11.3 Å². The van der Waals surface area contributed by atoms with E-state index in [1.165, 1.54) is 4.88 Å². The highest BCUT2D eigenvalue weighted by atomic mass is 32.1. The standard InChI is InChI=1S/C13H17N3O2S/c1-3-9-6-10-11(15-7-16-12(10)19-9)14-5-4-8(2)13(17)18/h6-8H,3-5H2,1-2H3,(H,17,18)(H,14,15,16). The molecule has 0 saturated heterocycles. The van der Waals surface area contributed by atoms with Crippen LogP contribution in [0.25, 0.3) is 10.2 Å². The first-order valence-corrected chi connectivity index (χ1v) is 7.13. The van der Waals surface area contributed by atoms with Crippen LogP contribution in [0.2, 0.25) is 0 Å². The average molecular weight is 279 g/mol. The normalized spacial score (nSPS) is 12.5. The Morgan fingerprint density at radius 3 is 3.00 bits per heavy atom. The van der Waals surface area contributed by atoms with Crippen molar-refractivity contribution in [2.75, 3.05) is 11.9 Å². The molecule has 5 nitrogen and oxygen atoms in total. The van der Waals surface area contributed by atoms with E-state index >= 15 is 0 Å². The molecule has 0 bridgehead atoms. The van der Waals surface area contributed by atoms with Gasteiger partial charge in [0.15, 0.2) is 0 Å². The van der Waals surface area contributed by atoms with Crippen molar-refractivity contribution in [3.63, 3.8) is 0 Å². The van der Waals surface area contributed by atoms with E-state index in [2.05, 4.69) is 28.3 Å². The zero-order valence-corrected chi connectivity index (χ0v) is 11.8. The topological polar surface area (TPSA) is 75.1 Å². The zero-order chi connectivity index (χ0) is 13.8. The Hall–Kier alpha value is -1.69. The minimum absolute atomic E-state index is 0.349. The van der Waals surface area contributed by atoms with E-state index < -0.39 is 5.97 Å². The number of rotatable bonds is 6. The lowest BCUT2D eigenvalue weighted by molar-refractivity contribution is -0.141. The quantitative estimate of drug-likeness (QED) is 0.850. The van der Waals surface area contributed by atoms with Crippen molar-refractivity contribution in [3.05, 3.63) is 17.3 Å². The van der Waals surface area contributed by atoms with E-state index in [1.807, 2.05) is 0 Å². The fourth-order valence-electron chi connectivity index (χ4n) is 1.75. The molecule has 2 aromatic rings. The summed E-state index contributed by atoms with van der Waals surface area (Å²) in [5.74, 6) is -0.324. The predicted octanol–water partition coefficient (Wildman–Crippen LogP) is 2.78. The number of aliphatic carboxylic acids is 1. The van der Waals surface area contributed by atoms with Crippen LogP contribution in [0.3, 0.4) is 0 Å². The van der Waals surface area contributed by atoms with E-state index in [9.17, 15) is 4.79 Å². The highest BCUT2D eigenvalue weighted by molar-refractivity contribution is 7.18. The maximum Gasteiger partial charge on any atom is 0.306 e. The van der Waals surface area contributed by atoms with Crippen molar-refractivity contribution >= 4 is 33.3 Å². The van der Waals surface area contributed by atoms with Crippen LogP contribution in [-0.4, -0.2) is 27.6 Å². The van der Waals surface area contributed by atoms with Gasteiger partial charge in [-0.2, -0.15) is 0 Å². The lowest BCUT2D eigenvalue weighted by atomic mass is 10.1. The van der Waals surface area contributed by atoms with Crippen LogP contribution in [0, 0.1) is 5.92 Å². The number of carboxylic acid groups (broad SMARTS) is 1. The Bertz CT molecular complexity index is 582. The second kappa shape index (κ2) is 5.97. The Labute approximate surface area is 115 Å². The molecule has 0 radical (unpaired) electrons. The van der Waals surface area contributed by atoms with Crippen molar-refractivity contribution in [1.29, 1.82) is 0 Å². The lowest BCUT2D eigenvalue weighted by Crippen LogP contribution is -2.14. The summed E-state index contributed by atoms with van der Waals surface area (Å²) in [6, 6.07) is 2.10. The number of nitrogens with zero attached hydrogens (tertiary/aromatic N) is 2. The maximum atomic E-state index is 10.7. The monoisotopic (exact) mass is 279 g/mol. The minimum Gasteiger partial charge on any atom is -0.481 e. The number of hydrogen-bond donors (Lipinski definition) is 2. The molecule has 2 aromatic heterocycles. The summed E-state index contributed by atoms with van der Waals surface area (Å²) < 4.78 is 0. The van der Waals surface area contributed by atoms with Crippen LogP contribution in [0.1, 0.15) is 25.1 Å². The number of anilines is 1. The van der Waals surface area contributed by atoms with Gasteiger partial charge in [0.2, 0.25) is 0 Å². The third-order valence-electron chi connectivity index (χ3n) is 3.02. The molecule has 0 amide bonds. The molecule has 2 rings (SSSR count). The van der Waals surface area contributed by atoms with Crippen LogP contribution in [0.15, 0.2) is 12.4 Å². The van der Waals surface area contributed by atoms with Crippen molar-refractivity contribution in [1.82, 2.24) is 9.97 Å². The summed E-state index contributed by atoms with van der Waals surface area (Å²) in [6.07, 6.45) is 3.10. The second-order valence-electron chi connectivity index (χ2n) is 4.46. The van der Waals surface area contributed by atoms with Gasteiger partial charge in [0.25, 0.3) is 0 Å². The number of aromatic nitrogens is 2. The van der Waals surface area contributed by atoms with Crippen LogP contribution >= 0.6 is 11.3 Å². The molecule has 19 heavy (non-hydrogen) atoms. The molecule has 0 aliphatic carbocycles. The molecule has 0 fully saturated rings. The molecule has 0 aromatic carbocycles. The zero-order valence-electron chi connectivity index (χ0n) is 11.0. The smallest absolute Gasteiger partial charge is 0.306 e. The highest BCUT2D eigenvalue weighted by Crippen LogP contribution is 2.28. The Morgan fingerprint density at radius 1 is 1.53 bits per heavy atom. The summed E-state index contributed by atoms with van der Waals surface area (Å²) in [6.45, 7) is 4.41. The molecule has 2 N–H and O–H groups in total. The molecular weight excluding hydrogens is 262 g/mol. The Balaban J connectivity index is 2.08. The molecular formula is C13H17N3O2S. The molecule has 1 atom stereocenters. The van der Waals surface area contributed by atoms with Crippen LogP contribution in [-0.2, 0) is 11.2 Å². The van der Waals surface area contributed by atoms with E-state index in [0.717, 1.165) is 22.5 Å². The van der Waals surface area contributed by atoms with Crippen molar-refractivity contribution < 1.29 is 9.90 Å². The van der Waals surface area contributed by atoms with Gasteiger partial charge >= 0.3 is 5.97 Å². The minimum atomic E-state index is -0.765. The second-order valence-corrected chi connectivity index (χ2v) is 5.58. The predicted molar refractivity (Wildman–Crippen MR) is 76.7 cm³/mol. The molecule has 2 heterocycles. The molecule has 1 unspecified atom stereocenters. The lowest BCUT2D eigenvalue weighted by Gasteiger charge is -2.08. The first-order valence-electron chi connectivity index (χ1n) is 6.32. The fourth-order valence-corrected chi connectivity index (χ4v) is 2.69. The summed E-state index contributed by atoms with van der Waals surface area (Å²) in [5.41, 5.74) is 0. The van der Waals surface area contributed by atoms with Crippen molar-refractivity contribution in [3.8, 4) is 0 Å². The fraction of sp³-hybridized carbons (Fsp3) is 0.462. The SMILES string of the molecule is CCc1cc2c(NCCC(C)C(=O)O)ncnc2s1. The summed E-state index contributed by atoms with van der Waals surface area (Å²) in [4.78, 5) is 21.5. The van der Waals surface area contributed by atoms with Gasteiger partial charge in [-0.15, -0.1) is 11.3 Å². The van der Waals surface area contributed by atoms with E-state index in [-0.39, 0.29) is 5.92 Å². The van der Waals surface area contributed by atoms with Gasteiger partial charge in [0.1, 0.15) is 17.0 Å². The molecule has 0 aliphatic heterocycles. The number of carboxylic acids is 1. The third kappa shape index (κ3) is 3.20. The summed E-state index contributed by atoms with van der Waals surface area (Å²) in [7, 11) is 0. The van der Waals surface area contributed by atoms with Gasteiger partial charge in [-0.05, 0) is 18.9 Å². The van der Waals surface area contributed by atoms with Gasteiger partial charge < -0.3 is 10.4 Å². The number of aryl methyl sites for hydroxylation is 1. The molecule has 6 heteroatoms. The third-order valence-corrected chi connectivity index (χ3v) is 4.21. The van der Waals surface area contributed by atoms with Crippen LogP contribution in [0.5, 0.6) is 0 Å². The first-order chi connectivity index (χ1) is 9.11. The van der Waals surface area contributed by atoms with Gasteiger partial charge in [-0.1, -0.05) is 13.8 Å². The van der Waals surface area contributed by atoms with E-state index in [1.54, 1.807) is 24.6 Å². The van der Waals surface area contributed by atoms with Gasteiger partial charge in [-0.3, -0.25) is 4.79 Å². The largest absolute Gasteiger partial charge is 0.481 e. The van der Waals surface area contributed by atoms with Crippen molar-refractivity contribution in [2.24, 2.45) is 5.92 Å². The van der Waals surface area contributed by atoms with Crippen LogP contribution in [0.4, 0.5) is 5.82 Å². The Morgan fingerprint density at radius 2 is 2.32 bits per heavy atom. The highest BCUT2D eigenvalue weighted by Gasteiger charge is 2.11. The average Bonchev–Trinajstić information content (AvgIpc) is 2.82. The maximum absolute atomic E-state index is 10.7. The number of thiophene rings is 1. The number of hydrogen-bond acceptors (Lipinski definition) is 5. The van der Waals surface area contributed by atoms with E-state index in [0.29, 0.717) is 13.0 Å². The van der Waals surface area contributed by atoms with Crippen molar-refractivity contribution in [2.45, 2.75) is 26.7 Å². The van der Waals surface area contributed by atoms with E-state index in [4.69, 9.17) is 5.11 Å². The molecule has 0 saturated carbocycles. The summed E-state index contributed by atoms with van der Waals surface area (Å²) in [5, 5.41) is 13.1. The molecule has 102 valence electrons. The van der Waals surface area contributed by atoms with Crippen LogP contribution < -0.4 is 5.32 Å². The number of nitrogens with one attached hydrogen (secondary N) is 1. The molecule has 0 spiro atoms. The van der Waals surface area contributed by atoms with Gasteiger partial charge in [0, 0.05) is 11.4 Å². The molecule has 0 aliphatic rings. The summed E-state index contributed by atoms with van der Waals surface area (Å²) >= 11 is 1.67. The number of carbonyl (C=O) groups is 1. The number of fused-ring (bicyclic) bond motifs is 1. The van der Waals surface area contributed by atoms with Gasteiger partial charge in [-0.25, -0.2) is 9.97 Å².